The lowest BCUT2D eigenvalue weighted by atomic mass is 10.1. The van der Waals surface area contributed by atoms with E-state index in [-0.39, 0.29) is 18.7 Å². The highest BCUT2D eigenvalue weighted by Crippen LogP contribution is 2.11. The maximum atomic E-state index is 13.9. The molecule has 1 aromatic carbocycles. The largest absolute Gasteiger partial charge is 0.384 e. The molecular weight excluding hydrogens is 257 g/mol. The number of aliphatic hydroxyl groups excluding tert-OH is 1. The van der Waals surface area contributed by atoms with E-state index in [1.54, 1.807) is 24.4 Å². The maximum Gasteiger partial charge on any atom is 0.251 e. The number of nitrogens with zero attached hydrogens (tertiary/aromatic N) is 1. The van der Waals surface area contributed by atoms with Gasteiger partial charge in [0.15, 0.2) is 0 Å². The number of halogens is 1. The standard InChI is InChI=1S/C16H14FNO2/c1-12-6-7-18(16(20)9-12)11-14-5-4-13(3-2-8-19)10-15(14)17/h4-7,9-10,19H,8,11H2,1H3. The average molecular weight is 271 g/mol. The van der Waals surface area contributed by atoms with E-state index in [2.05, 4.69) is 11.8 Å². The molecule has 3 nitrogen and oxygen atoms in total. The fraction of sp³-hybridized carbons (Fsp3) is 0.188. The number of benzene rings is 1. The van der Waals surface area contributed by atoms with E-state index in [9.17, 15) is 9.18 Å². The predicted octanol–water partition coefficient (Wildman–Crippen LogP) is 1.69. The van der Waals surface area contributed by atoms with Crippen LogP contribution in [0.1, 0.15) is 16.7 Å². The predicted molar refractivity (Wildman–Crippen MR) is 74.9 cm³/mol. The van der Waals surface area contributed by atoms with E-state index in [1.165, 1.54) is 16.7 Å². The first-order valence-electron chi connectivity index (χ1n) is 6.15. The molecule has 0 atom stereocenters. The van der Waals surface area contributed by atoms with Crippen LogP contribution in [0.25, 0.3) is 0 Å². The fourth-order valence-electron chi connectivity index (χ4n) is 1.82. The highest BCUT2D eigenvalue weighted by Gasteiger charge is 2.05. The molecule has 102 valence electrons. The quantitative estimate of drug-likeness (QED) is 0.845. The van der Waals surface area contributed by atoms with E-state index >= 15 is 0 Å². The van der Waals surface area contributed by atoms with Crippen LogP contribution in [0.15, 0.2) is 41.3 Å². The van der Waals surface area contributed by atoms with Gasteiger partial charge in [0, 0.05) is 23.4 Å². The zero-order chi connectivity index (χ0) is 14.5. The van der Waals surface area contributed by atoms with E-state index in [4.69, 9.17) is 5.11 Å². The van der Waals surface area contributed by atoms with Gasteiger partial charge in [-0.1, -0.05) is 17.9 Å². The minimum Gasteiger partial charge on any atom is -0.384 e. The van der Waals surface area contributed by atoms with Gasteiger partial charge in [0.2, 0.25) is 0 Å². The minimum atomic E-state index is -0.415. The summed E-state index contributed by atoms with van der Waals surface area (Å²) in [5, 5.41) is 8.59. The number of aliphatic hydroxyl groups is 1. The third-order valence-electron chi connectivity index (χ3n) is 2.86. The topological polar surface area (TPSA) is 42.2 Å². The Labute approximate surface area is 116 Å². The van der Waals surface area contributed by atoms with Gasteiger partial charge in [0.1, 0.15) is 12.4 Å². The molecule has 1 heterocycles. The Morgan fingerprint density at radius 2 is 2.10 bits per heavy atom. The van der Waals surface area contributed by atoms with E-state index in [0.29, 0.717) is 11.1 Å². The molecule has 0 aliphatic carbocycles. The first kappa shape index (κ1) is 14.0. The summed E-state index contributed by atoms with van der Waals surface area (Å²) in [4.78, 5) is 11.8. The van der Waals surface area contributed by atoms with Crippen LogP contribution in [0.4, 0.5) is 4.39 Å². The van der Waals surface area contributed by atoms with Gasteiger partial charge >= 0.3 is 0 Å². The van der Waals surface area contributed by atoms with Crippen molar-refractivity contribution in [3.05, 3.63) is 69.4 Å². The van der Waals surface area contributed by atoms with Gasteiger partial charge in [0.05, 0.1) is 6.54 Å². The molecule has 0 aliphatic rings. The van der Waals surface area contributed by atoms with Crippen molar-refractivity contribution in [3.8, 4) is 11.8 Å². The SMILES string of the molecule is Cc1ccn(Cc2ccc(C#CCO)cc2F)c(=O)c1. The summed E-state index contributed by atoms with van der Waals surface area (Å²) < 4.78 is 15.4. The fourth-order valence-corrected chi connectivity index (χ4v) is 1.82. The highest BCUT2D eigenvalue weighted by atomic mass is 19.1. The summed E-state index contributed by atoms with van der Waals surface area (Å²) in [5.74, 6) is 4.68. The smallest absolute Gasteiger partial charge is 0.251 e. The Morgan fingerprint density at radius 3 is 2.75 bits per heavy atom. The Bertz CT molecular complexity index is 738. The van der Waals surface area contributed by atoms with Gasteiger partial charge in [-0.15, -0.1) is 0 Å². The second-order valence-electron chi connectivity index (χ2n) is 4.44. The van der Waals surface area contributed by atoms with Gasteiger partial charge in [0.25, 0.3) is 5.56 Å². The third-order valence-corrected chi connectivity index (χ3v) is 2.86. The molecule has 20 heavy (non-hydrogen) atoms. The van der Waals surface area contributed by atoms with Crippen LogP contribution in [0.2, 0.25) is 0 Å². The number of aromatic nitrogens is 1. The summed E-state index contributed by atoms with van der Waals surface area (Å²) in [5.41, 5.74) is 1.64. The number of hydrogen-bond donors (Lipinski definition) is 1. The first-order chi connectivity index (χ1) is 9.60. The van der Waals surface area contributed by atoms with Gasteiger partial charge in [-0.2, -0.15) is 0 Å². The molecule has 0 saturated carbocycles. The van der Waals surface area contributed by atoms with Crippen molar-refractivity contribution in [2.45, 2.75) is 13.5 Å². The van der Waals surface area contributed by atoms with Crippen LogP contribution in [-0.4, -0.2) is 16.3 Å². The molecule has 0 spiro atoms. The number of hydrogen-bond acceptors (Lipinski definition) is 2. The number of pyridine rings is 1. The van der Waals surface area contributed by atoms with E-state index < -0.39 is 5.82 Å². The summed E-state index contributed by atoms with van der Waals surface area (Å²) >= 11 is 0. The maximum absolute atomic E-state index is 13.9. The first-order valence-corrected chi connectivity index (χ1v) is 6.15. The molecule has 0 fully saturated rings. The Balaban J connectivity index is 2.28. The summed E-state index contributed by atoms with van der Waals surface area (Å²) in [6.45, 7) is 1.75. The molecule has 0 saturated heterocycles. The van der Waals surface area contributed by atoms with Crippen molar-refractivity contribution >= 4 is 0 Å². The lowest BCUT2D eigenvalue weighted by Crippen LogP contribution is -2.19. The normalized spacial score (nSPS) is 9.95. The lowest BCUT2D eigenvalue weighted by Gasteiger charge is -2.07. The number of rotatable bonds is 2. The van der Waals surface area contributed by atoms with Crippen LogP contribution < -0.4 is 5.56 Å². The molecule has 1 aromatic heterocycles. The van der Waals surface area contributed by atoms with Crippen LogP contribution in [0.3, 0.4) is 0 Å². The van der Waals surface area contributed by atoms with Gasteiger partial charge in [-0.3, -0.25) is 4.79 Å². The van der Waals surface area contributed by atoms with Crippen molar-refractivity contribution in [2.24, 2.45) is 0 Å². The summed E-state index contributed by atoms with van der Waals surface area (Å²) in [6, 6.07) is 7.89. The monoisotopic (exact) mass is 271 g/mol. The van der Waals surface area contributed by atoms with Gasteiger partial charge in [-0.05, 0) is 30.7 Å². The van der Waals surface area contributed by atoms with Crippen LogP contribution in [0.5, 0.6) is 0 Å². The summed E-state index contributed by atoms with van der Waals surface area (Å²) in [6.07, 6.45) is 1.65. The molecule has 0 unspecified atom stereocenters. The molecule has 0 radical (unpaired) electrons. The lowest BCUT2D eigenvalue weighted by molar-refractivity contribution is 0.350. The molecule has 2 aromatic rings. The van der Waals surface area contributed by atoms with Crippen molar-refractivity contribution in [2.75, 3.05) is 6.61 Å². The molecule has 0 bridgehead atoms. The Kier molecular flexibility index (Phi) is 4.34. The molecule has 1 N–H and O–H groups in total. The van der Waals surface area contributed by atoms with Crippen molar-refractivity contribution in [1.82, 2.24) is 4.57 Å². The zero-order valence-electron chi connectivity index (χ0n) is 11.1. The Morgan fingerprint density at radius 1 is 1.30 bits per heavy atom. The van der Waals surface area contributed by atoms with E-state index in [0.717, 1.165) is 5.56 Å². The molecule has 0 aliphatic heterocycles. The Hall–Kier alpha value is -2.38. The summed E-state index contributed by atoms with van der Waals surface area (Å²) in [7, 11) is 0. The number of aryl methyl sites for hydroxylation is 1. The van der Waals surface area contributed by atoms with Gasteiger partial charge < -0.3 is 9.67 Å². The van der Waals surface area contributed by atoms with Crippen LogP contribution in [0, 0.1) is 24.6 Å². The van der Waals surface area contributed by atoms with Crippen molar-refractivity contribution in [1.29, 1.82) is 0 Å². The second-order valence-corrected chi connectivity index (χ2v) is 4.44. The second kappa shape index (κ2) is 6.18. The molecular formula is C16H14FNO2. The molecule has 0 amide bonds. The zero-order valence-corrected chi connectivity index (χ0v) is 11.1. The average Bonchev–Trinajstić information content (AvgIpc) is 2.42. The van der Waals surface area contributed by atoms with E-state index in [1.807, 2.05) is 6.92 Å². The van der Waals surface area contributed by atoms with Gasteiger partial charge in [-0.25, -0.2) is 4.39 Å². The molecule has 2 rings (SSSR count). The van der Waals surface area contributed by atoms with Crippen LogP contribution in [-0.2, 0) is 6.54 Å². The molecule has 4 heteroatoms. The minimum absolute atomic E-state index is 0.159. The van der Waals surface area contributed by atoms with Crippen molar-refractivity contribution < 1.29 is 9.50 Å². The highest BCUT2D eigenvalue weighted by molar-refractivity contribution is 5.37. The van der Waals surface area contributed by atoms with Crippen molar-refractivity contribution in [3.63, 3.8) is 0 Å². The third kappa shape index (κ3) is 3.34. The van der Waals surface area contributed by atoms with Crippen LogP contribution >= 0.6 is 0 Å².